The van der Waals surface area contributed by atoms with Gasteiger partial charge in [0.1, 0.15) is 5.75 Å². The van der Waals surface area contributed by atoms with E-state index in [1.165, 1.54) is 0 Å². The van der Waals surface area contributed by atoms with Crippen LogP contribution in [0.1, 0.15) is 34.7 Å². The molecule has 0 spiro atoms. The van der Waals surface area contributed by atoms with Crippen molar-refractivity contribution in [3.8, 4) is 11.4 Å². The molecule has 1 fully saturated rings. The Morgan fingerprint density at radius 1 is 0.970 bits per heavy atom. The van der Waals surface area contributed by atoms with Crippen molar-refractivity contribution in [1.82, 2.24) is 14.9 Å². The molecule has 0 radical (unpaired) electrons. The zero-order chi connectivity index (χ0) is 23.1. The van der Waals surface area contributed by atoms with Crippen LogP contribution in [-0.2, 0) is 0 Å². The van der Waals surface area contributed by atoms with Gasteiger partial charge in [-0.15, -0.1) is 0 Å². The van der Waals surface area contributed by atoms with Crippen molar-refractivity contribution in [2.24, 2.45) is 0 Å². The number of phenolic OH excluding ortho intramolecular Hbond substituents is 1. The first-order valence-corrected chi connectivity index (χ1v) is 11.5. The minimum absolute atomic E-state index is 0.106. The molecule has 2 aromatic carbocycles. The Morgan fingerprint density at radius 2 is 1.67 bits per heavy atom. The average Bonchev–Trinajstić information content (AvgIpc) is 3.31. The minimum Gasteiger partial charge on any atom is -0.508 e. The van der Waals surface area contributed by atoms with Crippen molar-refractivity contribution in [2.45, 2.75) is 25.9 Å². The van der Waals surface area contributed by atoms with Gasteiger partial charge in [0.15, 0.2) is 5.11 Å². The van der Waals surface area contributed by atoms with Crippen LogP contribution in [0.3, 0.4) is 0 Å². The fourth-order valence-corrected chi connectivity index (χ4v) is 5.11. The van der Waals surface area contributed by atoms with Gasteiger partial charge in [-0.3, -0.25) is 4.98 Å². The molecule has 0 bridgehead atoms. The van der Waals surface area contributed by atoms with Crippen LogP contribution in [0.4, 0.5) is 5.69 Å². The summed E-state index contributed by atoms with van der Waals surface area (Å²) in [4.78, 5) is 6.78. The molecule has 33 heavy (non-hydrogen) atoms. The molecule has 0 saturated carbocycles. The van der Waals surface area contributed by atoms with Crippen molar-refractivity contribution in [3.63, 3.8) is 0 Å². The number of benzene rings is 2. The van der Waals surface area contributed by atoms with E-state index in [1.807, 2.05) is 60.8 Å². The van der Waals surface area contributed by atoms with E-state index in [4.69, 9.17) is 23.8 Å². The van der Waals surface area contributed by atoms with E-state index in [1.54, 1.807) is 12.1 Å². The standard InChI is InChI=1S/C26H23ClN4OS/c1-16-15-22(17(2)30(16)19-10-12-21(32)13-11-19)25-24(23-5-3-4-14-28-23)29-26(33)31(25)20-8-6-18(27)7-9-20/h3-15,24-25,32H,1-2H3,(H,29,33). The third kappa shape index (κ3) is 3.86. The number of aromatic nitrogens is 2. The molecule has 166 valence electrons. The van der Waals surface area contributed by atoms with Gasteiger partial charge in [0.25, 0.3) is 0 Å². The number of nitrogens with one attached hydrogen (secondary N) is 1. The number of pyridine rings is 1. The van der Waals surface area contributed by atoms with Crippen LogP contribution in [-0.4, -0.2) is 19.8 Å². The van der Waals surface area contributed by atoms with Gasteiger partial charge in [-0.05, 0) is 98.4 Å². The van der Waals surface area contributed by atoms with Crippen molar-refractivity contribution in [2.75, 3.05) is 4.90 Å². The second kappa shape index (κ2) is 8.54. The summed E-state index contributed by atoms with van der Waals surface area (Å²) >= 11 is 12.0. The second-order valence-corrected chi connectivity index (χ2v) is 8.97. The summed E-state index contributed by atoms with van der Waals surface area (Å²) in [5, 5.41) is 14.6. The maximum absolute atomic E-state index is 9.74. The predicted molar refractivity (Wildman–Crippen MR) is 136 cm³/mol. The smallest absolute Gasteiger partial charge is 0.174 e. The van der Waals surface area contributed by atoms with Crippen LogP contribution < -0.4 is 10.2 Å². The van der Waals surface area contributed by atoms with Gasteiger partial charge in [-0.2, -0.15) is 0 Å². The van der Waals surface area contributed by atoms with Gasteiger partial charge in [0.05, 0.1) is 17.8 Å². The number of hydrogen-bond donors (Lipinski definition) is 2. The van der Waals surface area contributed by atoms with Crippen LogP contribution in [0, 0.1) is 13.8 Å². The number of thiocarbonyl (C=S) groups is 1. The lowest BCUT2D eigenvalue weighted by Crippen LogP contribution is -2.29. The Morgan fingerprint density at radius 3 is 2.33 bits per heavy atom. The SMILES string of the molecule is Cc1cc(C2C(c3ccccn3)NC(=S)N2c2ccc(Cl)cc2)c(C)n1-c1ccc(O)cc1. The average molecular weight is 475 g/mol. The lowest BCUT2D eigenvalue weighted by molar-refractivity contribution is 0.475. The second-order valence-electron chi connectivity index (χ2n) is 8.15. The summed E-state index contributed by atoms with van der Waals surface area (Å²) in [6, 6.07) is 22.9. The van der Waals surface area contributed by atoms with E-state index in [2.05, 4.69) is 39.7 Å². The van der Waals surface area contributed by atoms with Gasteiger partial charge < -0.3 is 19.9 Å². The van der Waals surface area contributed by atoms with E-state index >= 15 is 0 Å². The van der Waals surface area contributed by atoms with Crippen LogP contribution >= 0.6 is 23.8 Å². The zero-order valence-electron chi connectivity index (χ0n) is 18.2. The highest BCUT2D eigenvalue weighted by molar-refractivity contribution is 7.80. The predicted octanol–water partition coefficient (Wildman–Crippen LogP) is 6.03. The normalized spacial score (nSPS) is 17.9. The summed E-state index contributed by atoms with van der Waals surface area (Å²) in [6.45, 7) is 4.21. The molecule has 0 amide bonds. The zero-order valence-corrected chi connectivity index (χ0v) is 19.8. The van der Waals surface area contributed by atoms with Crippen molar-refractivity contribution in [3.05, 3.63) is 107 Å². The first-order valence-electron chi connectivity index (χ1n) is 10.7. The number of phenols is 1. The van der Waals surface area contributed by atoms with Crippen molar-refractivity contribution in [1.29, 1.82) is 0 Å². The molecule has 7 heteroatoms. The molecule has 2 unspecified atom stereocenters. The summed E-state index contributed by atoms with van der Waals surface area (Å²) in [5.74, 6) is 0.246. The molecule has 0 aliphatic carbocycles. The quantitative estimate of drug-likeness (QED) is 0.354. The Bertz CT molecular complexity index is 1300. The lowest BCUT2D eigenvalue weighted by atomic mass is 9.96. The van der Waals surface area contributed by atoms with E-state index in [0.29, 0.717) is 10.1 Å². The maximum Gasteiger partial charge on any atom is 0.174 e. The molecule has 3 heterocycles. The third-order valence-corrected chi connectivity index (χ3v) is 6.67. The highest BCUT2D eigenvalue weighted by atomic mass is 35.5. The molecule has 1 aliphatic heterocycles. The van der Waals surface area contributed by atoms with Crippen LogP contribution in [0.15, 0.2) is 79.0 Å². The molecule has 5 nitrogen and oxygen atoms in total. The number of anilines is 1. The van der Waals surface area contributed by atoms with Crippen LogP contribution in [0.2, 0.25) is 5.02 Å². The first-order chi connectivity index (χ1) is 15.9. The van der Waals surface area contributed by atoms with E-state index in [9.17, 15) is 5.11 Å². The first kappa shape index (κ1) is 21.5. The highest BCUT2D eigenvalue weighted by Gasteiger charge is 2.42. The molecule has 1 aliphatic rings. The number of aryl methyl sites for hydroxylation is 1. The topological polar surface area (TPSA) is 53.3 Å². The number of halogens is 1. The molecular formula is C26H23ClN4OS. The molecule has 1 saturated heterocycles. The number of nitrogens with zero attached hydrogens (tertiary/aromatic N) is 3. The van der Waals surface area contributed by atoms with Gasteiger partial charge in [0.2, 0.25) is 0 Å². The van der Waals surface area contributed by atoms with Crippen LogP contribution in [0.25, 0.3) is 5.69 Å². The molecule has 5 rings (SSSR count). The van der Waals surface area contributed by atoms with Crippen LogP contribution in [0.5, 0.6) is 5.75 Å². The number of hydrogen-bond acceptors (Lipinski definition) is 3. The Hall–Kier alpha value is -3.35. The summed E-state index contributed by atoms with van der Waals surface area (Å²) < 4.78 is 2.20. The van der Waals surface area contributed by atoms with Gasteiger partial charge in [0, 0.05) is 34.0 Å². The molecular weight excluding hydrogens is 452 g/mol. The monoisotopic (exact) mass is 474 g/mol. The lowest BCUT2D eigenvalue weighted by Gasteiger charge is -2.28. The largest absolute Gasteiger partial charge is 0.508 e. The minimum atomic E-state index is -0.122. The molecule has 2 N–H and O–H groups in total. The van der Waals surface area contributed by atoms with Gasteiger partial charge in [-0.1, -0.05) is 17.7 Å². The van der Waals surface area contributed by atoms with E-state index < -0.39 is 0 Å². The summed E-state index contributed by atoms with van der Waals surface area (Å²) in [7, 11) is 0. The van der Waals surface area contributed by atoms with E-state index in [0.717, 1.165) is 34.0 Å². The summed E-state index contributed by atoms with van der Waals surface area (Å²) in [5.41, 5.74) is 6.25. The van der Waals surface area contributed by atoms with Crippen molar-refractivity contribution >= 4 is 34.6 Å². The molecule has 2 aromatic heterocycles. The fourth-order valence-electron chi connectivity index (χ4n) is 4.64. The number of rotatable bonds is 4. The fraction of sp³-hybridized carbons (Fsp3) is 0.154. The van der Waals surface area contributed by atoms with Crippen molar-refractivity contribution < 1.29 is 5.11 Å². The van der Waals surface area contributed by atoms with Gasteiger partial charge in [-0.25, -0.2) is 0 Å². The maximum atomic E-state index is 9.74. The van der Waals surface area contributed by atoms with Gasteiger partial charge >= 0.3 is 0 Å². The molecule has 4 aromatic rings. The Balaban J connectivity index is 1.67. The Labute approximate surface area is 203 Å². The summed E-state index contributed by atoms with van der Waals surface area (Å²) in [6.07, 6.45) is 1.81. The third-order valence-electron chi connectivity index (χ3n) is 6.10. The molecule has 2 atom stereocenters. The Kier molecular flexibility index (Phi) is 5.56. The number of aromatic hydroxyl groups is 1. The van der Waals surface area contributed by atoms with E-state index in [-0.39, 0.29) is 17.8 Å². The highest BCUT2D eigenvalue weighted by Crippen LogP contribution is 2.43.